The van der Waals surface area contributed by atoms with Crippen LogP contribution < -0.4 is 9.47 Å². The standard InChI is InChI=1S/C10H7Cl2NO3/c1-13-10(14)5-4-6(15-2)8(12)9(16-3)7(5)11/h4H,2-3H3. The Morgan fingerprint density at radius 1 is 1.31 bits per heavy atom. The van der Waals surface area contributed by atoms with Crippen LogP contribution in [-0.2, 0) is 0 Å². The highest BCUT2D eigenvalue weighted by Gasteiger charge is 2.21. The summed E-state index contributed by atoms with van der Waals surface area (Å²) < 4.78 is 9.91. The maximum absolute atomic E-state index is 11.3. The summed E-state index contributed by atoms with van der Waals surface area (Å²) in [5.41, 5.74) is 0.00904. The van der Waals surface area contributed by atoms with E-state index >= 15 is 0 Å². The van der Waals surface area contributed by atoms with Crippen molar-refractivity contribution in [2.24, 2.45) is 0 Å². The summed E-state index contributed by atoms with van der Waals surface area (Å²) in [5, 5.41) is 0.172. The fourth-order valence-corrected chi connectivity index (χ4v) is 1.79. The van der Waals surface area contributed by atoms with Gasteiger partial charge in [-0.15, -0.1) is 0 Å². The summed E-state index contributed by atoms with van der Waals surface area (Å²) >= 11 is 11.8. The van der Waals surface area contributed by atoms with Crippen LogP contribution in [0.1, 0.15) is 10.4 Å². The average molecular weight is 260 g/mol. The minimum Gasteiger partial charge on any atom is -0.495 e. The third-order valence-corrected chi connectivity index (χ3v) is 2.62. The minimum atomic E-state index is -0.793. The summed E-state index contributed by atoms with van der Waals surface area (Å²) in [7, 11) is 2.75. The summed E-state index contributed by atoms with van der Waals surface area (Å²) in [5.74, 6) is -0.442. The van der Waals surface area contributed by atoms with Crippen LogP contribution >= 0.6 is 23.2 Å². The lowest BCUT2D eigenvalue weighted by atomic mass is 10.2. The van der Waals surface area contributed by atoms with Crippen LogP contribution in [-0.4, -0.2) is 20.1 Å². The van der Waals surface area contributed by atoms with Crippen molar-refractivity contribution in [1.29, 1.82) is 0 Å². The van der Waals surface area contributed by atoms with Gasteiger partial charge in [0.2, 0.25) is 0 Å². The zero-order chi connectivity index (χ0) is 12.3. The van der Waals surface area contributed by atoms with Crippen molar-refractivity contribution in [3.05, 3.63) is 33.1 Å². The lowest BCUT2D eigenvalue weighted by Crippen LogP contribution is -1.99. The number of rotatable bonds is 3. The number of ether oxygens (including phenoxy) is 2. The highest BCUT2D eigenvalue weighted by Crippen LogP contribution is 2.42. The molecule has 0 aliphatic rings. The van der Waals surface area contributed by atoms with E-state index in [9.17, 15) is 4.79 Å². The Kier molecular flexibility index (Phi) is 3.99. The number of hydrogen-bond donors (Lipinski definition) is 0. The molecule has 0 aliphatic heterocycles. The van der Waals surface area contributed by atoms with E-state index in [-0.39, 0.29) is 27.1 Å². The van der Waals surface area contributed by atoms with Crippen molar-refractivity contribution in [2.75, 3.05) is 14.2 Å². The van der Waals surface area contributed by atoms with Gasteiger partial charge in [0.05, 0.1) is 25.8 Å². The Hall–Kier alpha value is -1.44. The summed E-state index contributed by atoms with van der Waals surface area (Å²) in [6.07, 6.45) is 0. The molecule has 0 N–H and O–H groups in total. The third kappa shape index (κ3) is 2.06. The molecule has 0 aliphatic carbocycles. The second kappa shape index (κ2) is 5.06. The van der Waals surface area contributed by atoms with Gasteiger partial charge >= 0.3 is 5.91 Å². The zero-order valence-electron chi connectivity index (χ0n) is 8.51. The lowest BCUT2D eigenvalue weighted by Gasteiger charge is -2.12. The first kappa shape index (κ1) is 12.6. The molecule has 16 heavy (non-hydrogen) atoms. The lowest BCUT2D eigenvalue weighted by molar-refractivity contribution is 0.104. The quantitative estimate of drug-likeness (QED) is 0.784. The number of amides is 1. The van der Waals surface area contributed by atoms with Gasteiger partial charge in [0, 0.05) is 5.56 Å². The Bertz CT molecular complexity index is 480. The van der Waals surface area contributed by atoms with Gasteiger partial charge in [-0.1, -0.05) is 23.2 Å². The fourth-order valence-electron chi connectivity index (χ4n) is 1.13. The topological polar surface area (TPSA) is 39.9 Å². The molecule has 0 aromatic heterocycles. The van der Waals surface area contributed by atoms with Crippen molar-refractivity contribution in [3.8, 4) is 11.5 Å². The second-order valence-electron chi connectivity index (χ2n) is 2.70. The van der Waals surface area contributed by atoms with Crippen LogP contribution in [0.2, 0.25) is 10.0 Å². The van der Waals surface area contributed by atoms with Crippen LogP contribution in [0.25, 0.3) is 4.85 Å². The molecule has 1 aromatic carbocycles. The Balaban J connectivity index is 3.54. The average Bonchev–Trinajstić information content (AvgIpc) is 2.29. The van der Waals surface area contributed by atoms with Crippen LogP contribution in [0.4, 0.5) is 0 Å². The molecule has 6 heteroatoms. The number of methoxy groups -OCH3 is 2. The summed E-state index contributed by atoms with van der Waals surface area (Å²) in [6, 6.07) is 1.31. The van der Waals surface area contributed by atoms with Gasteiger partial charge < -0.3 is 14.3 Å². The number of carbonyl (C=O) groups excluding carboxylic acids is 1. The Labute approximate surface area is 102 Å². The van der Waals surface area contributed by atoms with E-state index in [0.29, 0.717) is 0 Å². The predicted octanol–water partition coefficient (Wildman–Crippen LogP) is 3.07. The summed E-state index contributed by atoms with van der Waals surface area (Å²) in [6.45, 7) is 6.65. The molecule has 84 valence electrons. The first-order valence-electron chi connectivity index (χ1n) is 4.08. The van der Waals surface area contributed by atoms with E-state index in [1.165, 1.54) is 20.3 Å². The fraction of sp³-hybridized carbons (Fsp3) is 0.200. The van der Waals surface area contributed by atoms with Crippen LogP contribution in [0.5, 0.6) is 11.5 Å². The monoisotopic (exact) mass is 259 g/mol. The molecular weight excluding hydrogens is 253 g/mol. The van der Waals surface area contributed by atoms with E-state index < -0.39 is 5.91 Å². The van der Waals surface area contributed by atoms with Gasteiger partial charge in [0.25, 0.3) is 0 Å². The molecule has 0 bridgehead atoms. The number of carbonyl (C=O) groups is 1. The third-order valence-electron chi connectivity index (χ3n) is 1.88. The van der Waals surface area contributed by atoms with Crippen LogP contribution in [0.15, 0.2) is 6.07 Å². The molecule has 1 amide bonds. The van der Waals surface area contributed by atoms with E-state index in [0.717, 1.165) is 0 Å². The molecule has 0 heterocycles. The maximum atomic E-state index is 11.3. The van der Waals surface area contributed by atoms with E-state index in [1.54, 1.807) is 0 Å². The second-order valence-corrected chi connectivity index (χ2v) is 3.46. The smallest absolute Gasteiger partial charge is 0.387 e. The molecule has 0 atom stereocenters. The van der Waals surface area contributed by atoms with Gasteiger partial charge in [-0.05, 0) is 6.07 Å². The number of nitrogens with zero attached hydrogens (tertiary/aromatic N) is 1. The molecule has 0 fully saturated rings. The first-order chi connectivity index (χ1) is 7.56. The van der Waals surface area contributed by atoms with Crippen molar-refractivity contribution in [3.63, 3.8) is 0 Å². The molecule has 1 aromatic rings. The predicted molar refractivity (Wildman–Crippen MR) is 60.5 cm³/mol. The highest BCUT2D eigenvalue weighted by molar-refractivity contribution is 6.40. The van der Waals surface area contributed by atoms with Gasteiger partial charge in [-0.2, -0.15) is 4.85 Å². The van der Waals surface area contributed by atoms with Gasteiger partial charge in [-0.25, -0.2) is 0 Å². The molecule has 0 unspecified atom stereocenters. The molecule has 0 spiro atoms. The number of benzene rings is 1. The SMILES string of the molecule is [C-]#[N+]C(=O)c1cc(OC)c(Cl)c(OC)c1Cl. The van der Waals surface area contributed by atoms with Crippen molar-refractivity contribution >= 4 is 29.1 Å². The van der Waals surface area contributed by atoms with Gasteiger partial charge in [-0.3, -0.25) is 0 Å². The van der Waals surface area contributed by atoms with Crippen molar-refractivity contribution in [2.45, 2.75) is 0 Å². The molecule has 4 nitrogen and oxygen atoms in total. The molecule has 0 radical (unpaired) electrons. The van der Waals surface area contributed by atoms with E-state index in [2.05, 4.69) is 4.85 Å². The largest absolute Gasteiger partial charge is 0.495 e. The van der Waals surface area contributed by atoms with E-state index in [4.69, 9.17) is 39.2 Å². The van der Waals surface area contributed by atoms with Crippen molar-refractivity contribution < 1.29 is 14.3 Å². The van der Waals surface area contributed by atoms with Gasteiger partial charge in [0.1, 0.15) is 10.8 Å². The molecule has 0 saturated heterocycles. The minimum absolute atomic E-state index is 0.00861. The van der Waals surface area contributed by atoms with Crippen LogP contribution in [0, 0.1) is 6.57 Å². The van der Waals surface area contributed by atoms with E-state index in [1.807, 2.05) is 0 Å². The Morgan fingerprint density at radius 2 is 1.94 bits per heavy atom. The molecule has 0 saturated carbocycles. The number of hydrogen-bond acceptors (Lipinski definition) is 3. The number of halogens is 2. The van der Waals surface area contributed by atoms with Crippen LogP contribution in [0.3, 0.4) is 0 Å². The Morgan fingerprint density at radius 3 is 2.38 bits per heavy atom. The van der Waals surface area contributed by atoms with Crippen molar-refractivity contribution in [1.82, 2.24) is 0 Å². The highest BCUT2D eigenvalue weighted by atomic mass is 35.5. The normalized spacial score (nSPS) is 9.44. The summed E-state index contributed by atoms with van der Waals surface area (Å²) in [4.78, 5) is 14.1. The maximum Gasteiger partial charge on any atom is 0.387 e. The first-order valence-corrected chi connectivity index (χ1v) is 4.84. The molecule has 1 rings (SSSR count). The zero-order valence-corrected chi connectivity index (χ0v) is 10.0. The van der Waals surface area contributed by atoms with Gasteiger partial charge in [0.15, 0.2) is 5.75 Å². The molecular formula is C10H7Cl2NO3.